The van der Waals surface area contributed by atoms with Gasteiger partial charge >= 0.3 is 0 Å². The van der Waals surface area contributed by atoms with Gasteiger partial charge in [-0.1, -0.05) is 30.0 Å². The van der Waals surface area contributed by atoms with Crippen LogP contribution in [0.5, 0.6) is 11.5 Å². The molecule has 6 heteroatoms. The number of aromatic nitrogens is 1. The zero-order chi connectivity index (χ0) is 19.7. The van der Waals surface area contributed by atoms with Gasteiger partial charge in [-0.25, -0.2) is 4.98 Å². The number of methoxy groups -OCH3 is 2. The lowest BCUT2D eigenvalue weighted by molar-refractivity contribution is -0.116. The van der Waals surface area contributed by atoms with E-state index in [-0.39, 0.29) is 5.91 Å². The van der Waals surface area contributed by atoms with Gasteiger partial charge in [0, 0.05) is 23.7 Å². The van der Waals surface area contributed by atoms with E-state index in [2.05, 4.69) is 12.1 Å². The number of aryl methyl sites for hydroxylation is 1. The molecule has 2 heterocycles. The van der Waals surface area contributed by atoms with Crippen LogP contribution in [0.4, 0.5) is 5.69 Å². The molecule has 0 bridgehead atoms. The van der Waals surface area contributed by atoms with Crippen molar-refractivity contribution < 1.29 is 14.3 Å². The van der Waals surface area contributed by atoms with Crippen LogP contribution in [-0.4, -0.2) is 37.4 Å². The molecule has 0 aliphatic carbocycles. The Hall–Kier alpha value is -2.73. The maximum atomic E-state index is 12.8. The fourth-order valence-electron chi connectivity index (χ4n) is 3.54. The summed E-state index contributed by atoms with van der Waals surface area (Å²) in [7, 11) is 3.23. The summed E-state index contributed by atoms with van der Waals surface area (Å²) in [5, 5.41) is 1.85. The fraction of sp³-hybridized carbons (Fsp3) is 0.273. The van der Waals surface area contributed by atoms with Crippen molar-refractivity contribution in [2.24, 2.45) is 0 Å². The molecule has 28 heavy (non-hydrogen) atoms. The van der Waals surface area contributed by atoms with Gasteiger partial charge in [0.1, 0.15) is 5.03 Å². The van der Waals surface area contributed by atoms with Gasteiger partial charge in [0.2, 0.25) is 5.91 Å². The Morgan fingerprint density at radius 2 is 1.89 bits per heavy atom. The van der Waals surface area contributed by atoms with Crippen molar-refractivity contribution in [3.05, 3.63) is 53.6 Å². The highest BCUT2D eigenvalue weighted by Crippen LogP contribution is 2.34. The number of pyridine rings is 1. The first-order valence-corrected chi connectivity index (χ1v) is 10.1. The highest BCUT2D eigenvalue weighted by molar-refractivity contribution is 8.00. The van der Waals surface area contributed by atoms with Crippen LogP contribution in [0, 0.1) is 6.92 Å². The number of ether oxygens (including phenoxy) is 2. The van der Waals surface area contributed by atoms with Crippen LogP contribution in [0.15, 0.2) is 47.5 Å². The lowest BCUT2D eigenvalue weighted by Gasteiger charge is -2.17. The number of anilines is 1. The van der Waals surface area contributed by atoms with Crippen LogP contribution >= 0.6 is 11.8 Å². The largest absolute Gasteiger partial charge is 0.493 e. The molecule has 3 aromatic rings. The van der Waals surface area contributed by atoms with E-state index in [1.165, 1.54) is 17.3 Å². The van der Waals surface area contributed by atoms with Crippen LogP contribution in [0.2, 0.25) is 0 Å². The van der Waals surface area contributed by atoms with E-state index in [4.69, 9.17) is 14.5 Å². The Balaban J connectivity index is 1.55. The van der Waals surface area contributed by atoms with E-state index in [9.17, 15) is 4.79 Å². The zero-order valence-corrected chi connectivity index (χ0v) is 17.0. The van der Waals surface area contributed by atoms with Crippen molar-refractivity contribution in [2.45, 2.75) is 18.4 Å². The van der Waals surface area contributed by atoms with Crippen LogP contribution in [0.25, 0.3) is 10.9 Å². The van der Waals surface area contributed by atoms with Gasteiger partial charge in [-0.3, -0.25) is 4.79 Å². The lowest BCUT2D eigenvalue weighted by Crippen LogP contribution is -2.30. The van der Waals surface area contributed by atoms with E-state index >= 15 is 0 Å². The first kappa shape index (κ1) is 18.6. The third kappa shape index (κ3) is 3.40. The maximum absolute atomic E-state index is 12.8. The van der Waals surface area contributed by atoms with E-state index in [0.29, 0.717) is 17.3 Å². The molecule has 1 aromatic heterocycles. The molecule has 144 valence electrons. The molecule has 0 unspecified atom stereocenters. The molecule has 5 nitrogen and oxygen atoms in total. The smallest absolute Gasteiger partial charge is 0.237 e. The van der Waals surface area contributed by atoms with Gasteiger partial charge in [0.15, 0.2) is 11.5 Å². The Morgan fingerprint density at radius 3 is 2.68 bits per heavy atom. The third-order valence-corrected chi connectivity index (χ3v) is 6.06. The second-order valence-corrected chi connectivity index (χ2v) is 7.69. The zero-order valence-electron chi connectivity index (χ0n) is 16.2. The lowest BCUT2D eigenvalue weighted by atomic mass is 10.1. The molecule has 0 spiro atoms. The van der Waals surface area contributed by atoms with Crippen LogP contribution in [0.1, 0.15) is 11.1 Å². The summed E-state index contributed by atoms with van der Waals surface area (Å²) >= 11 is 1.48. The average molecular weight is 394 g/mol. The van der Waals surface area contributed by atoms with Crippen molar-refractivity contribution in [1.29, 1.82) is 0 Å². The maximum Gasteiger partial charge on any atom is 0.237 e. The average Bonchev–Trinajstić information content (AvgIpc) is 3.15. The Labute approximate surface area is 168 Å². The molecular weight excluding hydrogens is 372 g/mol. The summed E-state index contributed by atoms with van der Waals surface area (Å²) in [6, 6.07) is 14.0. The molecule has 0 atom stereocenters. The quantitative estimate of drug-likeness (QED) is 0.606. The Morgan fingerprint density at radius 1 is 1.14 bits per heavy atom. The van der Waals surface area contributed by atoms with Crippen molar-refractivity contribution in [3.8, 4) is 11.5 Å². The van der Waals surface area contributed by atoms with Gasteiger partial charge in [-0.15, -0.1) is 0 Å². The molecule has 0 radical (unpaired) electrons. The summed E-state index contributed by atoms with van der Waals surface area (Å²) in [4.78, 5) is 19.4. The van der Waals surface area contributed by atoms with Gasteiger partial charge in [0.25, 0.3) is 0 Å². The highest BCUT2D eigenvalue weighted by Gasteiger charge is 2.24. The fourth-order valence-corrected chi connectivity index (χ4v) is 4.41. The minimum absolute atomic E-state index is 0.114. The normalized spacial score (nSPS) is 12.9. The van der Waals surface area contributed by atoms with Gasteiger partial charge in [-0.05, 0) is 42.7 Å². The summed E-state index contributed by atoms with van der Waals surface area (Å²) in [5.41, 5.74) is 4.14. The monoisotopic (exact) mass is 394 g/mol. The molecule has 0 fully saturated rings. The number of thioether (sulfide) groups is 1. The second kappa shape index (κ2) is 7.72. The molecule has 0 N–H and O–H groups in total. The number of rotatable bonds is 5. The molecule has 1 amide bonds. The summed E-state index contributed by atoms with van der Waals surface area (Å²) in [6.45, 7) is 2.76. The molecular formula is C22H22N2O3S. The molecule has 1 aliphatic rings. The molecule has 0 saturated heterocycles. The predicted octanol–water partition coefficient (Wildman–Crippen LogP) is 4.24. The van der Waals surface area contributed by atoms with Crippen molar-refractivity contribution in [3.63, 3.8) is 0 Å². The summed E-state index contributed by atoms with van der Waals surface area (Å²) in [6.07, 6.45) is 0.918. The topological polar surface area (TPSA) is 51.7 Å². The van der Waals surface area contributed by atoms with E-state index in [1.807, 2.05) is 42.2 Å². The number of benzene rings is 2. The number of nitrogens with zero attached hydrogens (tertiary/aromatic N) is 2. The number of carbonyl (C=O) groups is 1. The number of fused-ring (bicyclic) bond motifs is 2. The summed E-state index contributed by atoms with van der Waals surface area (Å²) in [5.74, 6) is 1.80. The molecule has 4 rings (SSSR count). The predicted molar refractivity (Wildman–Crippen MR) is 113 cm³/mol. The Bertz CT molecular complexity index is 1050. The number of carbonyl (C=O) groups excluding carboxylic acids is 1. The first-order valence-electron chi connectivity index (χ1n) is 9.15. The molecule has 2 aromatic carbocycles. The number of hydrogen-bond acceptors (Lipinski definition) is 5. The third-order valence-electron chi connectivity index (χ3n) is 4.98. The summed E-state index contributed by atoms with van der Waals surface area (Å²) < 4.78 is 10.8. The van der Waals surface area contributed by atoms with E-state index in [0.717, 1.165) is 40.1 Å². The van der Waals surface area contributed by atoms with Crippen molar-refractivity contribution in [2.75, 3.05) is 31.4 Å². The number of amides is 1. The molecule has 1 aliphatic heterocycles. The van der Waals surface area contributed by atoms with Gasteiger partial charge in [0.05, 0.1) is 25.5 Å². The van der Waals surface area contributed by atoms with Crippen LogP contribution in [-0.2, 0) is 11.2 Å². The SMILES string of the molecule is COc1cc2cc(C)c(SCC(=O)N3CCc4ccccc43)nc2cc1OC. The van der Waals surface area contributed by atoms with Crippen molar-refractivity contribution >= 4 is 34.3 Å². The van der Waals surface area contributed by atoms with Gasteiger partial charge < -0.3 is 14.4 Å². The number of para-hydroxylation sites is 1. The van der Waals surface area contributed by atoms with Gasteiger partial charge in [-0.2, -0.15) is 0 Å². The van der Waals surface area contributed by atoms with E-state index < -0.39 is 0 Å². The van der Waals surface area contributed by atoms with Crippen LogP contribution < -0.4 is 14.4 Å². The minimum Gasteiger partial charge on any atom is -0.493 e. The van der Waals surface area contributed by atoms with E-state index in [1.54, 1.807) is 14.2 Å². The van der Waals surface area contributed by atoms with Crippen LogP contribution in [0.3, 0.4) is 0 Å². The highest BCUT2D eigenvalue weighted by atomic mass is 32.2. The first-order chi connectivity index (χ1) is 13.6. The second-order valence-electron chi connectivity index (χ2n) is 6.72. The minimum atomic E-state index is 0.114. The molecule has 0 saturated carbocycles. The Kier molecular flexibility index (Phi) is 5.13. The number of hydrogen-bond donors (Lipinski definition) is 0. The van der Waals surface area contributed by atoms with Crippen molar-refractivity contribution in [1.82, 2.24) is 4.98 Å². The standard InChI is InChI=1S/C22H22N2O3S/c1-14-10-16-11-19(26-2)20(27-3)12-17(16)23-22(14)28-13-21(25)24-9-8-15-6-4-5-7-18(15)24/h4-7,10-12H,8-9,13H2,1-3H3.